The van der Waals surface area contributed by atoms with Gasteiger partial charge in [-0.05, 0) is 61.9 Å². The molecule has 4 rings (SSSR count). The molecule has 0 radical (unpaired) electrons. The zero-order chi connectivity index (χ0) is 28.6. The Labute approximate surface area is 221 Å². The summed E-state index contributed by atoms with van der Waals surface area (Å²) in [4.78, 5) is 39.2. The van der Waals surface area contributed by atoms with Crippen molar-refractivity contribution in [3.05, 3.63) is 70.8 Å². The number of carbonyl (C=O) groups excluding carboxylic acids is 3. The van der Waals surface area contributed by atoms with Crippen LogP contribution in [-0.4, -0.2) is 35.1 Å². The third-order valence-electron chi connectivity index (χ3n) is 7.74. The van der Waals surface area contributed by atoms with E-state index in [0.29, 0.717) is 44.4 Å². The molecule has 1 aliphatic carbocycles. The van der Waals surface area contributed by atoms with Gasteiger partial charge in [0.2, 0.25) is 11.8 Å². The lowest BCUT2D eigenvalue weighted by atomic mass is 9.74. The van der Waals surface area contributed by atoms with Gasteiger partial charge in [0.05, 0.1) is 29.0 Å². The van der Waals surface area contributed by atoms with Gasteiger partial charge < -0.3 is 10.2 Å². The molecule has 0 aromatic heterocycles. The Morgan fingerprint density at radius 3 is 2.03 bits per heavy atom. The lowest BCUT2D eigenvalue weighted by Gasteiger charge is -2.45. The van der Waals surface area contributed by atoms with Crippen LogP contribution >= 0.6 is 0 Å². The zero-order valence-corrected chi connectivity index (χ0v) is 21.2. The SMILES string of the molecule is CC(C(=O)N[C@]1(c2ccccc2)CC[C@@H](N2CCC(=O)CC2=O)CC1)c1cc(C(F)(F)F)cc(C(F)(F)F)c1. The molecule has 0 spiro atoms. The van der Waals surface area contributed by atoms with Gasteiger partial charge >= 0.3 is 12.4 Å². The Hall–Kier alpha value is -3.37. The van der Waals surface area contributed by atoms with Gasteiger partial charge in [0.15, 0.2) is 0 Å². The third-order valence-corrected chi connectivity index (χ3v) is 7.74. The van der Waals surface area contributed by atoms with E-state index in [0.717, 1.165) is 5.56 Å². The first-order chi connectivity index (χ1) is 18.2. The first kappa shape index (κ1) is 28.6. The molecule has 2 amide bonds. The average molecular weight is 555 g/mol. The van der Waals surface area contributed by atoms with Crippen LogP contribution in [0.15, 0.2) is 48.5 Å². The summed E-state index contributed by atoms with van der Waals surface area (Å²) in [5.74, 6) is -2.34. The number of likely N-dealkylation sites (tertiary alicyclic amines) is 1. The second kappa shape index (κ2) is 10.7. The molecular weight excluding hydrogens is 526 g/mol. The third kappa shape index (κ3) is 6.28. The number of carbonyl (C=O) groups is 3. The van der Waals surface area contributed by atoms with Crippen molar-refractivity contribution in [2.45, 2.75) is 75.3 Å². The van der Waals surface area contributed by atoms with Crippen molar-refractivity contribution in [2.24, 2.45) is 0 Å². The van der Waals surface area contributed by atoms with Gasteiger partial charge in [0, 0.05) is 19.0 Å². The highest BCUT2D eigenvalue weighted by molar-refractivity contribution is 6.00. The topological polar surface area (TPSA) is 66.5 Å². The summed E-state index contributed by atoms with van der Waals surface area (Å²) >= 11 is 0. The van der Waals surface area contributed by atoms with Gasteiger partial charge in [-0.25, -0.2) is 0 Å². The molecule has 210 valence electrons. The quantitative estimate of drug-likeness (QED) is 0.366. The van der Waals surface area contributed by atoms with Crippen molar-refractivity contribution in [1.29, 1.82) is 0 Å². The molecule has 11 heteroatoms. The minimum atomic E-state index is -5.02. The molecule has 0 bridgehead atoms. The molecule has 1 unspecified atom stereocenters. The highest BCUT2D eigenvalue weighted by Crippen LogP contribution is 2.41. The minimum absolute atomic E-state index is 0.0380. The summed E-state index contributed by atoms with van der Waals surface area (Å²) in [6.07, 6.45) is -8.08. The number of benzene rings is 2. The van der Waals surface area contributed by atoms with E-state index in [1.54, 1.807) is 23.1 Å². The van der Waals surface area contributed by atoms with E-state index in [-0.39, 0.29) is 36.6 Å². The number of amides is 2. The van der Waals surface area contributed by atoms with Crippen LogP contribution in [0.2, 0.25) is 0 Å². The summed E-state index contributed by atoms with van der Waals surface area (Å²) in [5.41, 5.74) is -3.52. The van der Waals surface area contributed by atoms with E-state index in [1.165, 1.54) is 6.92 Å². The number of ketones is 1. The Kier molecular flexibility index (Phi) is 7.82. The number of nitrogens with one attached hydrogen (secondary N) is 1. The Balaban J connectivity index is 1.59. The Morgan fingerprint density at radius 2 is 1.51 bits per heavy atom. The van der Waals surface area contributed by atoms with E-state index >= 15 is 0 Å². The van der Waals surface area contributed by atoms with Crippen molar-refractivity contribution in [3.63, 3.8) is 0 Å². The highest BCUT2D eigenvalue weighted by atomic mass is 19.4. The molecule has 2 fully saturated rings. The van der Waals surface area contributed by atoms with E-state index in [4.69, 9.17) is 0 Å². The maximum absolute atomic E-state index is 13.4. The molecule has 5 nitrogen and oxygen atoms in total. The molecular formula is C28H28F6N2O3. The van der Waals surface area contributed by atoms with E-state index in [1.807, 2.05) is 12.1 Å². The molecule has 2 aromatic rings. The summed E-state index contributed by atoms with van der Waals surface area (Å²) in [5, 5.41) is 2.95. The predicted molar refractivity (Wildman–Crippen MR) is 129 cm³/mol. The normalized spacial score (nSPS) is 23.5. The second-order valence-electron chi connectivity index (χ2n) is 10.3. The van der Waals surface area contributed by atoms with Gasteiger partial charge in [-0.15, -0.1) is 0 Å². The van der Waals surface area contributed by atoms with E-state index < -0.39 is 46.4 Å². The zero-order valence-electron chi connectivity index (χ0n) is 21.2. The fraction of sp³-hybridized carbons (Fsp3) is 0.464. The van der Waals surface area contributed by atoms with Crippen LogP contribution in [0.3, 0.4) is 0 Å². The number of halogens is 6. The largest absolute Gasteiger partial charge is 0.416 e. The number of nitrogens with zero attached hydrogens (tertiary/aromatic N) is 1. The molecule has 2 aromatic carbocycles. The van der Waals surface area contributed by atoms with E-state index in [9.17, 15) is 40.7 Å². The van der Waals surface area contributed by atoms with Crippen molar-refractivity contribution in [2.75, 3.05) is 6.54 Å². The molecule has 1 atom stereocenters. The fourth-order valence-electron chi connectivity index (χ4n) is 5.49. The van der Waals surface area contributed by atoms with Crippen LogP contribution in [0.4, 0.5) is 26.3 Å². The van der Waals surface area contributed by atoms with Gasteiger partial charge in [-0.2, -0.15) is 26.3 Å². The van der Waals surface area contributed by atoms with Crippen molar-refractivity contribution in [3.8, 4) is 0 Å². The van der Waals surface area contributed by atoms with Crippen molar-refractivity contribution in [1.82, 2.24) is 10.2 Å². The number of Topliss-reactive ketones (excluding diaryl/α,β-unsaturated/α-hetero) is 1. The molecule has 1 N–H and O–H groups in total. The first-order valence-corrected chi connectivity index (χ1v) is 12.7. The molecule has 1 saturated heterocycles. The fourth-order valence-corrected chi connectivity index (χ4v) is 5.49. The standard InChI is InChI=1S/C28H28F6N2O3/c1-17(18-13-20(27(29,30)31)15-21(14-18)28(32,33)34)25(39)35-26(19-5-3-2-4-6-19)10-7-22(8-11-26)36-12-9-23(37)16-24(36)38/h2-6,13-15,17,22H,7-12,16H2,1H3,(H,35,39)/t17?,22-,26-. The van der Waals surface area contributed by atoms with Crippen LogP contribution in [0.25, 0.3) is 0 Å². The summed E-state index contributed by atoms with van der Waals surface area (Å²) in [7, 11) is 0. The lowest BCUT2D eigenvalue weighted by molar-refractivity contribution is -0.144. The molecule has 1 aliphatic heterocycles. The first-order valence-electron chi connectivity index (χ1n) is 12.7. The number of hydrogen-bond acceptors (Lipinski definition) is 3. The summed E-state index contributed by atoms with van der Waals surface area (Å²) < 4.78 is 80.3. The van der Waals surface area contributed by atoms with Gasteiger partial charge in [-0.1, -0.05) is 30.3 Å². The number of hydrogen-bond donors (Lipinski definition) is 1. The predicted octanol–water partition coefficient (Wildman–Crippen LogP) is 5.97. The average Bonchev–Trinajstić information content (AvgIpc) is 2.88. The highest BCUT2D eigenvalue weighted by Gasteiger charge is 2.43. The number of piperidine rings is 1. The maximum Gasteiger partial charge on any atom is 0.416 e. The van der Waals surface area contributed by atoms with E-state index in [2.05, 4.69) is 5.32 Å². The Morgan fingerprint density at radius 1 is 0.949 bits per heavy atom. The Bertz CT molecular complexity index is 1200. The molecule has 1 saturated carbocycles. The minimum Gasteiger partial charge on any atom is -0.346 e. The van der Waals surface area contributed by atoms with Crippen molar-refractivity contribution < 1.29 is 40.7 Å². The lowest BCUT2D eigenvalue weighted by Crippen LogP contribution is -2.54. The van der Waals surface area contributed by atoms with Gasteiger partial charge in [0.1, 0.15) is 5.78 Å². The number of alkyl halides is 6. The van der Waals surface area contributed by atoms with Gasteiger partial charge in [0.25, 0.3) is 0 Å². The molecule has 2 aliphatic rings. The number of rotatable bonds is 5. The maximum atomic E-state index is 13.4. The van der Waals surface area contributed by atoms with Crippen LogP contribution in [-0.2, 0) is 32.3 Å². The van der Waals surface area contributed by atoms with Crippen molar-refractivity contribution >= 4 is 17.6 Å². The van der Waals surface area contributed by atoms with Gasteiger partial charge in [-0.3, -0.25) is 14.4 Å². The van der Waals surface area contributed by atoms with Crippen LogP contribution in [0.5, 0.6) is 0 Å². The van der Waals surface area contributed by atoms with Crippen LogP contribution < -0.4 is 5.32 Å². The summed E-state index contributed by atoms with van der Waals surface area (Å²) in [6.45, 7) is 1.61. The summed E-state index contributed by atoms with van der Waals surface area (Å²) in [6, 6.07) is 10.0. The molecule has 1 heterocycles. The van der Waals surface area contributed by atoms with Crippen LogP contribution in [0, 0.1) is 0 Å². The van der Waals surface area contributed by atoms with Crippen LogP contribution in [0.1, 0.15) is 73.6 Å². The smallest absolute Gasteiger partial charge is 0.346 e. The second-order valence-corrected chi connectivity index (χ2v) is 10.3. The molecule has 39 heavy (non-hydrogen) atoms. The monoisotopic (exact) mass is 554 g/mol.